The van der Waals surface area contributed by atoms with Crippen LogP contribution in [0.1, 0.15) is 12.5 Å². The van der Waals surface area contributed by atoms with Gasteiger partial charge in [-0.15, -0.1) is 0 Å². The Bertz CT molecular complexity index is 1110. The maximum atomic E-state index is 12.3. The van der Waals surface area contributed by atoms with Crippen molar-refractivity contribution < 1.29 is 22.2 Å². The lowest BCUT2D eigenvalue weighted by atomic mass is 10.2. The number of amidine groups is 1. The summed E-state index contributed by atoms with van der Waals surface area (Å²) in [6.45, 7) is 1.33. The van der Waals surface area contributed by atoms with Gasteiger partial charge in [0.1, 0.15) is 4.90 Å². The first-order valence-electron chi connectivity index (χ1n) is 7.84. The van der Waals surface area contributed by atoms with Crippen LogP contribution in [0.2, 0.25) is 0 Å². The number of rotatable bonds is 4. The molecule has 0 saturated heterocycles. The molecule has 2 aromatic rings. The van der Waals surface area contributed by atoms with E-state index in [0.29, 0.717) is 14.9 Å². The lowest BCUT2D eigenvalue weighted by molar-refractivity contribution is -0.117. The second kappa shape index (κ2) is 8.29. The van der Waals surface area contributed by atoms with Crippen LogP contribution in [0, 0.1) is 0 Å². The topological polar surface area (TPSA) is 102 Å². The van der Waals surface area contributed by atoms with Crippen molar-refractivity contribution in [3.05, 3.63) is 63.5 Å². The maximum absolute atomic E-state index is 12.3. The number of aliphatic imine (C=N–C) groups is 1. The van der Waals surface area contributed by atoms with Crippen LogP contribution in [0.15, 0.2) is 67.8 Å². The van der Waals surface area contributed by atoms with Crippen molar-refractivity contribution in [1.82, 2.24) is 5.32 Å². The highest BCUT2D eigenvalue weighted by atomic mass is 79.9. The van der Waals surface area contributed by atoms with Gasteiger partial charge in [0.15, 0.2) is 10.9 Å². The van der Waals surface area contributed by atoms with Gasteiger partial charge < -0.3 is 9.50 Å². The van der Waals surface area contributed by atoms with Gasteiger partial charge >= 0.3 is 10.1 Å². The van der Waals surface area contributed by atoms with Crippen molar-refractivity contribution in [2.75, 3.05) is 0 Å². The van der Waals surface area contributed by atoms with E-state index in [0.717, 1.165) is 11.8 Å². The monoisotopic (exact) mass is 480 g/mol. The molecule has 1 aliphatic rings. The predicted molar refractivity (Wildman–Crippen MR) is 110 cm³/mol. The number of hydrogen-bond acceptors (Lipinski definition) is 6. The highest BCUT2D eigenvalue weighted by Gasteiger charge is 2.23. The van der Waals surface area contributed by atoms with E-state index in [-0.39, 0.29) is 21.7 Å². The zero-order valence-electron chi connectivity index (χ0n) is 14.4. The summed E-state index contributed by atoms with van der Waals surface area (Å²) in [6, 6.07) is 12.5. The molecule has 2 amide bonds. The number of carbonyl (C=O) groups excluding carboxylic acids is 2. The molecule has 0 radical (unpaired) electrons. The van der Waals surface area contributed by atoms with Crippen molar-refractivity contribution in [1.29, 1.82) is 0 Å². The van der Waals surface area contributed by atoms with E-state index >= 15 is 0 Å². The summed E-state index contributed by atoms with van der Waals surface area (Å²) in [5.41, 5.74) is 0.631. The number of carbonyl (C=O) groups is 2. The fourth-order valence-electron chi connectivity index (χ4n) is 2.19. The minimum Gasteiger partial charge on any atom is -0.378 e. The van der Waals surface area contributed by atoms with E-state index < -0.39 is 16.0 Å². The molecule has 0 bridgehead atoms. The van der Waals surface area contributed by atoms with Crippen molar-refractivity contribution in [3.63, 3.8) is 0 Å². The Morgan fingerprint density at radius 3 is 2.57 bits per heavy atom. The molecule has 1 heterocycles. The molecule has 2 aromatic carbocycles. The Labute approximate surface area is 174 Å². The molecular weight excluding hydrogens is 468 g/mol. The molecule has 3 rings (SSSR count). The molecule has 10 heteroatoms. The summed E-state index contributed by atoms with van der Waals surface area (Å²) in [5, 5.41) is 2.69. The molecule has 1 aliphatic heterocycles. The van der Waals surface area contributed by atoms with Crippen LogP contribution in [-0.4, -0.2) is 25.4 Å². The summed E-state index contributed by atoms with van der Waals surface area (Å²) < 4.78 is 30.3. The quantitative estimate of drug-likeness (QED) is 0.531. The van der Waals surface area contributed by atoms with E-state index in [4.69, 9.17) is 4.18 Å². The molecule has 0 fully saturated rings. The normalized spacial score (nSPS) is 15.4. The molecular formula is C18H13BrN2O5S2. The van der Waals surface area contributed by atoms with E-state index in [1.54, 1.807) is 36.4 Å². The molecule has 1 N–H and O–H groups in total. The van der Waals surface area contributed by atoms with E-state index in [9.17, 15) is 18.0 Å². The van der Waals surface area contributed by atoms with E-state index in [2.05, 4.69) is 26.2 Å². The van der Waals surface area contributed by atoms with Gasteiger partial charge in [0.2, 0.25) is 5.91 Å². The minimum atomic E-state index is -3.96. The summed E-state index contributed by atoms with van der Waals surface area (Å²) >= 11 is 4.33. The smallest absolute Gasteiger partial charge is 0.339 e. The van der Waals surface area contributed by atoms with Crippen LogP contribution in [0.4, 0.5) is 0 Å². The molecule has 0 saturated carbocycles. The van der Waals surface area contributed by atoms with Gasteiger partial charge in [0.25, 0.3) is 5.91 Å². The lowest BCUT2D eigenvalue weighted by Gasteiger charge is -2.09. The Kier molecular flexibility index (Phi) is 6.01. The third-order valence-electron chi connectivity index (χ3n) is 3.39. The zero-order chi connectivity index (χ0) is 20.3. The summed E-state index contributed by atoms with van der Waals surface area (Å²) in [6.07, 6.45) is 1.59. The van der Waals surface area contributed by atoms with Crippen molar-refractivity contribution in [2.24, 2.45) is 4.99 Å². The fourth-order valence-corrected chi connectivity index (χ4v) is 4.61. The number of amides is 2. The number of halogens is 1. The van der Waals surface area contributed by atoms with Crippen LogP contribution in [0.25, 0.3) is 6.08 Å². The summed E-state index contributed by atoms with van der Waals surface area (Å²) in [7, 11) is -3.96. The molecule has 7 nitrogen and oxygen atoms in total. The van der Waals surface area contributed by atoms with Gasteiger partial charge in [0.05, 0.1) is 9.38 Å². The van der Waals surface area contributed by atoms with Crippen LogP contribution in [0.3, 0.4) is 0 Å². The standard InChI is InChI=1S/C18H13BrN2O5S2/c1-11(22)20-18-21-17(23)16(27-18)10-12-7-8-15(14(19)9-12)26-28(24,25)13-5-3-2-4-6-13/h2-10H,1H3,(H,20,21,22,23)/b16-10+. The van der Waals surface area contributed by atoms with Gasteiger partial charge in [0, 0.05) is 6.92 Å². The summed E-state index contributed by atoms with van der Waals surface area (Å²) in [4.78, 5) is 27.1. The molecule has 0 atom stereocenters. The first-order valence-corrected chi connectivity index (χ1v) is 10.9. The van der Waals surface area contributed by atoms with Crippen molar-refractivity contribution in [2.45, 2.75) is 11.8 Å². The fraction of sp³-hybridized carbons (Fsp3) is 0.0556. The second-order valence-corrected chi connectivity index (χ2v) is 8.99. The van der Waals surface area contributed by atoms with Crippen molar-refractivity contribution >= 4 is 60.9 Å². The third kappa shape index (κ3) is 4.89. The Hall–Kier alpha value is -2.43. The first kappa shape index (κ1) is 20.3. The average Bonchev–Trinajstić information content (AvgIpc) is 2.96. The van der Waals surface area contributed by atoms with Crippen LogP contribution < -0.4 is 9.50 Å². The van der Waals surface area contributed by atoms with Crippen LogP contribution in [0.5, 0.6) is 5.75 Å². The molecule has 0 aliphatic carbocycles. The number of benzene rings is 2. The number of nitrogens with zero attached hydrogens (tertiary/aromatic N) is 1. The third-order valence-corrected chi connectivity index (χ3v) is 6.16. The van der Waals surface area contributed by atoms with Gasteiger partial charge in [-0.2, -0.15) is 13.4 Å². The van der Waals surface area contributed by atoms with Gasteiger partial charge in [-0.05, 0) is 63.6 Å². The second-order valence-electron chi connectivity index (χ2n) is 5.55. The molecule has 0 spiro atoms. The van der Waals surface area contributed by atoms with Gasteiger partial charge in [-0.1, -0.05) is 24.3 Å². The highest BCUT2D eigenvalue weighted by molar-refractivity contribution is 9.10. The highest BCUT2D eigenvalue weighted by Crippen LogP contribution is 2.32. The number of nitrogens with one attached hydrogen (secondary N) is 1. The van der Waals surface area contributed by atoms with E-state index in [1.165, 1.54) is 25.1 Å². The molecule has 0 unspecified atom stereocenters. The van der Waals surface area contributed by atoms with Crippen LogP contribution in [-0.2, 0) is 19.7 Å². The molecule has 0 aromatic heterocycles. The maximum Gasteiger partial charge on any atom is 0.339 e. The van der Waals surface area contributed by atoms with Crippen LogP contribution >= 0.6 is 27.7 Å². The van der Waals surface area contributed by atoms with Gasteiger partial charge in [-0.25, -0.2) is 0 Å². The average molecular weight is 481 g/mol. The first-order chi connectivity index (χ1) is 13.2. The Morgan fingerprint density at radius 2 is 1.93 bits per heavy atom. The lowest BCUT2D eigenvalue weighted by Crippen LogP contribution is -2.23. The molecule has 144 valence electrons. The predicted octanol–water partition coefficient (Wildman–Crippen LogP) is 3.32. The molecule has 28 heavy (non-hydrogen) atoms. The summed E-state index contributed by atoms with van der Waals surface area (Å²) in [5.74, 6) is -0.660. The number of hydrogen-bond donors (Lipinski definition) is 1. The zero-order valence-corrected chi connectivity index (χ0v) is 17.6. The largest absolute Gasteiger partial charge is 0.378 e. The van der Waals surface area contributed by atoms with Crippen molar-refractivity contribution in [3.8, 4) is 5.75 Å². The van der Waals surface area contributed by atoms with Gasteiger partial charge in [-0.3, -0.25) is 9.59 Å². The van der Waals surface area contributed by atoms with E-state index in [1.807, 2.05) is 0 Å². The number of thioether (sulfide) groups is 1. The Morgan fingerprint density at radius 1 is 1.21 bits per heavy atom. The SMILES string of the molecule is CC(=O)NC1=NC(=O)/C(=C\c2ccc(OS(=O)(=O)c3ccccc3)c(Br)c2)S1. The Balaban J connectivity index is 1.78. The minimum absolute atomic E-state index is 0.0451.